The molecule has 1 aromatic carbocycles. The lowest BCUT2D eigenvalue weighted by Crippen LogP contribution is -2.30. The number of nitrogens with zero attached hydrogens (tertiary/aromatic N) is 2. The Balaban J connectivity index is 1.96. The molecule has 8 heteroatoms. The predicted octanol–water partition coefficient (Wildman–Crippen LogP) is 3.12. The fraction of sp³-hybridized carbons (Fsp3) is 0.353. The Labute approximate surface area is 145 Å². The van der Waals surface area contributed by atoms with Gasteiger partial charge in [0.25, 0.3) is 0 Å². The van der Waals surface area contributed by atoms with Crippen LogP contribution in [0.4, 0.5) is 15.0 Å². The molecule has 25 heavy (non-hydrogen) atoms. The number of nitrogens with one attached hydrogen (secondary N) is 2. The summed E-state index contributed by atoms with van der Waals surface area (Å²) >= 11 is 0. The Hall–Kier alpha value is -2.90. The molecule has 0 fully saturated rings. The number of methoxy groups -OCH3 is 1. The van der Waals surface area contributed by atoms with E-state index in [0.29, 0.717) is 12.3 Å². The molecule has 0 bridgehead atoms. The molecule has 7 nitrogen and oxygen atoms in total. The van der Waals surface area contributed by atoms with Gasteiger partial charge in [-0.2, -0.15) is 4.98 Å². The fourth-order valence-electron chi connectivity index (χ4n) is 1.95. The number of aromatic nitrogens is 2. The third-order valence-corrected chi connectivity index (χ3v) is 3.27. The van der Waals surface area contributed by atoms with Crippen LogP contribution >= 0.6 is 0 Å². The average molecular weight is 348 g/mol. The smallest absolute Gasteiger partial charge is 0.320 e. The number of hydrogen-bond acceptors (Lipinski definition) is 5. The molecule has 2 aromatic rings. The molecule has 0 spiro atoms. The van der Waals surface area contributed by atoms with Gasteiger partial charge in [0.1, 0.15) is 12.4 Å². The number of urea groups is 1. The van der Waals surface area contributed by atoms with Crippen LogP contribution in [0.25, 0.3) is 0 Å². The molecule has 1 aromatic heterocycles. The van der Waals surface area contributed by atoms with Gasteiger partial charge in [-0.25, -0.2) is 14.2 Å². The summed E-state index contributed by atoms with van der Waals surface area (Å²) in [6, 6.07) is 6.75. The number of carbonyl (C=O) groups is 1. The average Bonchev–Trinajstić information content (AvgIpc) is 2.63. The van der Waals surface area contributed by atoms with Gasteiger partial charge in [0.2, 0.25) is 0 Å². The molecule has 1 heterocycles. The summed E-state index contributed by atoms with van der Waals surface area (Å²) in [7, 11) is 1.58. The third-order valence-electron chi connectivity index (χ3n) is 3.27. The minimum atomic E-state index is -0.737. The molecule has 2 amide bonds. The second-order valence-corrected chi connectivity index (χ2v) is 5.22. The van der Waals surface area contributed by atoms with Gasteiger partial charge < -0.3 is 14.8 Å². The second kappa shape index (κ2) is 9.41. The van der Waals surface area contributed by atoms with Gasteiger partial charge >= 0.3 is 12.0 Å². The van der Waals surface area contributed by atoms with Crippen LogP contribution in [0.15, 0.2) is 30.5 Å². The van der Waals surface area contributed by atoms with Crippen molar-refractivity contribution in [3.05, 3.63) is 41.8 Å². The summed E-state index contributed by atoms with van der Waals surface area (Å²) in [5, 5.41) is 4.97. The van der Waals surface area contributed by atoms with Crippen LogP contribution in [0.3, 0.4) is 0 Å². The van der Waals surface area contributed by atoms with Crippen molar-refractivity contribution >= 4 is 11.8 Å². The van der Waals surface area contributed by atoms with Crippen molar-refractivity contribution < 1.29 is 18.7 Å². The first-order chi connectivity index (χ1) is 12.1. The van der Waals surface area contributed by atoms with E-state index in [9.17, 15) is 9.18 Å². The predicted molar refractivity (Wildman–Crippen MR) is 91.2 cm³/mol. The van der Waals surface area contributed by atoms with Gasteiger partial charge in [-0.3, -0.25) is 5.32 Å². The van der Waals surface area contributed by atoms with Crippen molar-refractivity contribution in [1.29, 1.82) is 0 Å². The Morgan fingerprint density at radius 2 is 2.20 bits per heavy atom. The molecule has 0 saturated carbocycles. The van der Waals surface area contributed by atoms with E-state index in [-0.39, 0.29) is 18.4 Å². The van der Waals surface area contributed by atoms with Crippen molar-refractivity contribution in [3.63, 3.8) is 0 Å². The minimum absolute atomic E-state index is 0.0342. The SMILES string of the molecule is CCCCNC(=O)Nc1nc(OCc2cccc(OC)c2)ncc1F. The molecule has 0 aliphatic carbocycles. The van der Waals surface area contributed by atoms with Crippen molar-refractivity contribution in [2.24, 2.45) is 0 Å². The molecule has 0 atom stereocenters. The normalized spacial score (nSPS) is 10.2. The maximum absolute atomic E-state index is 13.7. The highest BCUT2D eigenvalue weighted by Crippen LogP contribution is 2.16. The second-order valence-electron chi connectivity index (χ2n) is 5.22. The topological polar surface area (TPSA) is 85.4 Å². The zero-order valence-electron chi connectivity index (χ0n) is 14.2. The largest absolute Gasteiger partial charge is 0.497 e. The van der Waals surface area contributed by atoms with E-state index >= 15 is 0 Å². The Kier molecular flexibility index (Phi) is 6.94. The van der Waals surface area contributed by atoms with Crippen molar-refractivity contribution in [2.75, 3.05) is 19.0 Å². The number of benzene rings is 1. The summed E-state index contributed by atoms with van der Waals surface area (Å²) in [6.07, 6.45) is 2.74. The van der Waals surface area contributed by atoms with E-state index in [4.69, 9.17) is 9.47 Å². The molecule has 0 aliphatic heterocycles. The van der Waals surface area contributed by atoms with E-state index in [1.54, 1.807) is 7.11 Å². The molecule has 0 saturated heterocycles. The number of anilines is 1. The highest BCUT2D eigenvalue weighted by atomic mass is 19.1. The van der Waals surface area contributed by atoms with Gasteiger partial charge in [-0.1, -0.05) is 25.5 Å². The van der Waals surface area contributed by atoms with Crippen molar-refractivity contribution in [1.82, 2.24) is 15.3 Å². The van der Waals surface area contributed by atoms with E-state index in [2.05, 4.69) is 20.6 Å². The number of carbonyl (C=O) groups excluding carboxylic acids is 1. The number of hydrogen-bond donors (Lipinski definition) is 2. The van der Waals surface area contributed by atoms with Crippen molar-refractivity contribution in [3.8, 4) is 11.8 Å². The van der Waals surface area contributed by atoms with Gasteiger partial charge in [0.15, 0.2) is 11.6 Å². The first-order valence-electron chi connectivity index (χ1n) is 7.95. The molecule has 0 aliphatic rings. The van der Waals surface area contributed by atoms with Crippen LogP contribution in [0.5, 0.6) is 11.8 Å². The zero-order valence-corrected chi connectivity index (χ0v) is 14.2. The summed E-state index contributed by atoms with van der Waals surface area (Å²) in [5.74, 6) is -0.267. The van der Waals surface area contributed by atoms with Crippen LogP contribution in [0.1, 0.15) is 25.3 Å². The lowest BCUT2D eigenvalue weighted by molar-refractivity contribution is 0.251. The zero-order chi connectivity index (χ0) is 18.1. The van der Waals surface area contributed by atoms with Crippen LogP contribution in [-0.2, 0) is 6.61 Å². The molecular formula is C17H21FN4O3. The maximum Gasteiger partial charge on any atom is 0.320 e. The van der Waals surface area contributed by atoms with Crippen LogP contribution in [-0.4, -0.2) is 29.7 Å². The minimum Gasteiger partial charge on any atom is -0.497 e. The van der Waals surface area contributed by atoms with Gasteiger partial charge in [0, 0.05) is 6.54 Å². The number of ether oxygens (including phenoxy) is 2. The number of unbranched alkanes of at least 4 members (excludes halogenated alkanes) is 1. The Morgan fingerprint density at radius 3 is 2.96 bits per heavy atom. The van der Waals surface area contributed by atoms with Gasteiger partial charge in [-0.05, 0) is 24.1 Å². The van der Waals surface area contributed by atoms with E-state index in [1.807, 2.05) is 31.2 Å². The van der Waals surface area contributed by atoms with E-state index < -0.39 is 11.8 Å². The fourth-order valence-corrected chi connectivity index (χ4v) is 1.95. The lowest BCUT2D eigenvalue weighted by Gasteiger charge is -2.09. The monoisotopic (exact) mass is 348 g/mol. The van der Waals surface area contributed by atoms with Crippen LogP contribution < -0.4 is 20.1 Å². The van der Waals surface area contributed by atoms with Crippen molar-refractivity contribution in [2.45, 2.75) is 26.4 Å². The highest BCUT2D eigenvalue weighted by Gasteiger charge is 2.11. The summed E-state index contributed by atoms with van der Waals surface area (Å²) in [5.41, 5.74) is 0.846. The Morgan fingerprint density at radius 1 is 1.36 bits per heavy atom. The number of rotatable bonds is 8. The molecule has 2 N–H and O–H groups in total. The quantitative estimate of drug-likeness (QED) is 0.716. The van der Waals surface area contributed by atoms with Crippen LogP contribution in [0, 0.1) is 5.82 Å². The molecular weight excluding hydrogens is 327 g/mol. The Bertz CT molecular complexity index is 712. The molecule has 134 valence electrons. The number of halogens is 1. The third kappa shape index (κ3) is 5.91. The van der Waals surface area contributed by atoms with Gasteiger partial charge in [-0.15, -0.1) is 0 Å². The maximum atomic E-state index is 13.7. The number of amides is 2. The van der Waals surface area contributed by atoms with Crippen LogP contribution in [0.2, 0.25) is 0 Å². The highest BCUT2D eigenvalue weighted by molar-refractivity contribution is 5.88. The summed E-state index contributed by atoms with van der Waals surface area (Å²) < 4.78 is 24.3. The lowest BCUT2D eigenvalue weighted by atomic mass is 10.2. The first-order valence-corrected chi connectivity index (χ1v) is 7.95. The molecule has 0 unspecified atom stereocenters. The first kappa shape index (κ1) is 18.4. The van der Waals surface area contributed by atoms with E-state index in [1.165, 1.54) is 0 Å². The standard InChI is InChI=1S/C17H21FN4O3/c1-3-4-8-19-16(23)21-15-14(18)10-20-17(22-15)25-11-12-6-5-7-13(9-12)24-2/h5-7,9-10H,3-4,8,11H2,1-2H3,(H2,19,20,21,22,23). The van der Waals surface area contributed by atoms with Gasteiger partial charge in [0.05, 0.1) is 13.3 Å². The van der Waals surface area contributed by atoms with E-state index in [0.717, 1.165) is 24.6 Å². The summed E-state index contributed by atoms with van der Waals surface area (Å²) in [6.45, 7) is 2.70. The summed E-state index contributed by atoms with van der Waals surface area (Å²) in [4.78, 5) is 19.4. The molecule has 2 rings (SSSR count). The molecule has 0 radical (unpaired) electrons.